The molecule has 1 aliphatic rings. The lowest BCUT2D eigenvalue weighted by atomic mass is 9.92. The predicted octanol–water partition coefficient (Wildman–Crippen LogP) is 2.86. The molecule has 1 aromatic carbocycles. The highest BCUT2D eigenvalue weighted by molar-refractivity contribution is 5.43. The molecule has 2 unspecified atom stereocenters. The van der Waals surface area contributed by atoms with Gasteiger partial charge in [0.05, 0.1) is 7.11 Å². The maximum atomic E-state index is 12.3. The number of methoxy groups -OCH3 is 1. The van der Waals surface area contributed by atoms with Crippen molar-refractivity contribution in [3.8, 4) is 11.5 Å². The Kier molecular flexibility index (Phi) is 5.97. The third-order valence-corrected chi connectivity index (χ3v) is 4.20. The van der Waals surface area contributed by atoms with Crippen LogP contribution in [0, 0.1) is 5.92 Å². The molecule has 2 N–H and O–H groups in total. The van der Waals surface area contributed by atoms with E-state index in [1.807, 2.05) is 0 Å². The van der Waals surface area contributed by atoms with Gasteiger partial charge in [-0.05, 0) is 43.0 Å². The number of hydrogen-bond donors (Lipinski definition) is 1. The van der Waals surface area contributed by atoms with Gasteiger partial charge in [0.25, 0.3) is 0 Å². The van der Waals surface area contributed by atoms with Crippen molar-refractivity contribution >= 4 is 0 Å². The molecule has 0 aliphatic carbocycles. The van der Waals surface area contributed by atoms with Gasteiger partial charge in [-0.3, -0.25) is 4.90 Å². The molecule has 22 heavy (non-hydrogen) atoms. The average Bonchev–Trinajstić information content (AvgIpc) is 2.49. The summed E-state index contributed by atoms with van der Waals surface area (Å²) in [4.78, 5) is 2.35. The Hall–Kier alpha value is -1.40. The van der Waals surface area contributed by atoms with Gasteiger partial charge in [0.1, 0.15) is 0 Å². The zero-order valence-electron chi connectivity index (χ0n) is 13.1. The fraction of sp³-hybridized carbons (Fsp3) is 0.625. The van der Waals surface area contributed by atoms with E-state index in [0.29, 0.717) is 24.3 Å². The van der Waals surface area contributed by atoms with Gasteiger partial charge in [-0.2, -0.15) is 8.78 Å². The molecule has 0 saturated carbocycles. The highest BCUT2D eigenvalue weighted by Crippen LogP contribution is 2.31. The van der Waals surface area contributed by atoms with Gasteiger partial charge in [0.15, 0.2) is 11.5 Å². The van der Waals surface area contributed by atoms with Crippen molar-refractivity contribution in [2.24, 2.45) is 11.7 Å². The molecule has 1 fully saturated rings. The van der Waals surface area contributed by atoms with Gasteiger partial charge in [0.2, 0.25) is 0 Å². The number of rotatable bonds is 6. The lowest BCUT2D eigenvalue weighted by Crippen LogP contribution is -2.45. The summed E-state index contributed by atoms with van der Waals surface area (Å²) in [5.41, 5.74) is 6.88. The second kappa shape index (κ2) is 7.74. The fourth-order valence-corrected chi connectivity index (χ4v) is 2.99. The number of ether oxygens (including phenoxy) is 2. The Morgan fingerprint density at radius 3 is 2.77 bits per heavy atom. The second-order valence-electron chi connectivity index (χ2n) is 5.85. The number of likely N-dealkylation sites (tertiary alicyclic amines) is 1. The monoisotopic (exact) mass is 314 g/mol. The topological polar surface area (TPSA) is 47.7 Å². The summed E-state index contributed by atoms with van der Waals surface area (Å²) in [6, 6.07) is 5.45. The normalized spacial score (nSPS) is 22.8. The molecule has 1 saturated heterocycles. The molecule has 124 valence electrons. The molecule has 1 heterocycles. The third-order valence-electron chi connectivity index (χ3n) is 4.20. The minimum Gasteiger partial charge on any atom is -0.493 e. The molecule has 0 spiro atoms. The second-order valence-corrected chi connectivity index (χ2v) is 5.85. The number of halogens is 2. The lowest BCUT2D eigenvalue weighted by molar-refractivity contribution is -0.0512. The average molecular weight is 314 g/mol. The van der Waals surface area contributed by atoms with Crippen LogP contribution in [-0.2, 0) is 6.54 Å². The maximum absolute atomic E-state index is 12.3. The molecule has 1 aromatic rings. The van der Waals surface area contributed by atoms with Crippen LogP contribution < -0.4 is 15.2 Å². The van der Waals surface area contributed by atoms with E-state index in [2.05, 4.69) is 16.6 Å². The van der Waals surface area contributed by atoms with Gasteiger partial charge in [-0.1, -0.05) is 13.0 Å². The van der Waals surface area contributed by atoms with Crippen LogP contribution in [0.1, 0.15) is 25.3 Å². The zero-order chi connectivity index (χ0) is 16.1. The number of piperidine rings is 1. The van der Waals surface area contributed by atoms with Gasteiger partial charge in [-0.25, -0.2) is 0 Å². The largest absolute Gasteiger partial charge is 0.493 e. The molecule has 1 aliphatic heterocycles. The first-order valence-corrected chi connectivity index (χ1v) is 7.59. The van der Waals surface area contributed by atoms with Crippen molar-refractivity contribution in [2.75, 3.05) is 20.2 Å². The number of hydrogen-bond acceptors (Lipinski definition) is 4. The maximum Gasteiger partial charge on any atom is 0.387 e. The molecule has 0 radical (unpaired) electrons. The molecular formula is C16H24F2N2O2. The molecular weight excluding hydrogens is 290 g/mol. The Balaban J connectivity index is 2.09. The van der Waals surface area contributed by atoms with Crippen molar-refractivity contribution < 1.29 is 18.3 Å². The highest BCUT2D eigenvalue weighted by Gasteiger charge is 2.25. The van der Waals surface area contributed by atoms with E-state index in [4.69, 9.17) is 10.5 Å². The van der Waals surface area contributed by atoms with Crippen LogP contribution in [0.15, 0.2) is 18.2 Å². The van der Waals surface area contributed by atoms with E-state index in [1.165, 1.54) is 13.2 Å². The minimum absolute atomic E-state index is 0.0592. The summed E-state index contributed by atoms with van der Waals surface area (Å²) in [6.45, 7) is 1.76. The van der Waals surface area contributed by atoms with Crippen molar-refractivity contribution in [1.82, 2.24) is 4.90 Å². The van der Waals surface area contributed by atoms with E-state index < -0.39 is 6.61 Å². The van der Waals surface area contributed by atoms with Crippen LogP contribution in [0.5, 0.6) is 11.5 Å². The van der Waals surface area contributed by atoms with Crippen LogP contribution >= 0.6 is 0 Å². The van der Waals surface area contributed by atoms with Gasteiger partial charge >= 0.3 is 6.61 Å². The summed E-state index contributed by atoms with van der Waals surface area (Å²) < 4.78 is 34.3. The molecule has 4 nitrogen and oxygen atoms in total. The number of nitrogens with zero attached hydrogens (tertiary/aromatic N) is 1. The molecule has 2 rings (SSSR count). The van der Waals surface area contributed by atoms with Crippen LogP contribution in [0.3, 0.4) is 0 Å². The van der Waals surface area contributed by atoms with Crippen LogP contribution in [0.2, 0.25) is 0 Å². The summed E-state index contributed by atoms with van der Waals surface area (Å²) in [7, 11) is 1.45. The van der Waals surface area contributed by atoms with E-state index in [0.717, 1.165) is 31.5 Å². The van der Waals surface area contributed by atoms with E-state index in [1.54, 1.807) is 12.1 Å². The fourth-order valence-electron chi connectivity index (χ4n) is 2.99. The molecule has 0 bridgehead atoms. The Morgan fingerprint density at radius 2 is 2.14 bits per heavy atom. The Bertz CT molecular complexity index is 485. The lowest BCUT2D eigenvalue weighted by Gasteiger charge is -2.38. The Morgan fingerprint density at radius 1 is 1.36 bits per heavy atom. The van der Waals surface area contributed by atoms with Gasteiger partial charge < -0.3 is 15.2 Å². The Labute approximate surface area is 130 Å². The standard InChI is InChI=1S/C16H24F2N2O2/c1-11-5-6-20(13(7-11)9-19)10-12-3-4-14(22-16(17)18)15(8-12)21-2/h3-4,8,11,13,16H,5-7,9-10,19H2,1-2H3. The highest BCUT2D eigenvalue weighted by atomic mass is 19.3. The summed E-state index contributed by atoms with van der Waals surface area (Å²) in [6.07, 6.45) is 2.25. The van der Waals surface area contributed by atoms with Crippen LogP contribution in [0.4, 0.5) is 8.78 Å². The summed E-state index contributed by atoms with van der Waals surface area (Å²) in [5, 5.41) is 0. The summed E-state index contributed by atoms with van der Waals surface area (Å²) in [5.74, 6) is 1.08. The molecule has 6 heteroatoms. The SMILES string of the molecule is COc1cc(CN2CCC(C)CC2CN)ccc1OC(F)F. The van der Waals surface area contributed by atoms with Crippen LogP contribution in [-0.4, -0.2) is 37.8 Å². The molecule has 0 aromatic heterocycles. The first kappa shape index (κ1) is 17.0. The van der Waals surface area contributed by atoms with E-state index in [-0.39, 0.29) is 5.75 Å². The van der Waals surface area contributed by atoms with Crippen molar-refractivity contribution in [3.05, 3.63) is 23.8 Å². The molecule has 0 amide bonds. The summed E-state index contributed by atoms with van der Waals surface area (Å²) >= 11 is 0. The van der Waals surface area contributed by atoms with Crippen LogP contribution in [0.25, 0.3) is 0 Å². The first-order valence-electron chi connectivity index (χ1n) is 7.59. The van der Waals surface area contributed by atoms with Crippen molar-refractivity contribution in [2.45, 2.75) is 39.0 Å². The zero-order valence-corrected chi connectivity index (χ0v) is 13.1. The number of nitrogens with two attached hydrogens (primary N) is 1. The predicted molar refractivity (Wildman–Crippen MR) is 81.3 cm³/mol. The minimum atomic E-state index is -2.86. The van der Waals surface area contributed by atoms with Gasteiger partial charge in [-0.15, -0.1) is 0 Å². The molecule has 2 atom stereocenters. The first-order chi connectivity index (χ1) is 10.5. The quantitative estimate of drug-likeness (QED) is 0.877. The van der Waals surface area contributed by atoms with Crippen molar-refractivity contribution in [1.29, 1.82) is 0 Å². The van der Waals surface area contributed by atoms with E-state index in [9.17, 15) is 8.78 Å². The third kappa shape index (κ3) is 4.30. The number of alkyl halides is 2. The smallest absolute Gasteiger partial charge is 0.387 e. The number of benzene rings is 1. The van der Waals surface area contributed by atoms with E-state index >= 15 is 0 Å². The van der Waals surface area contributed by atoms with Gasteiger partial charge in [0, 0.05) is 19.1 Å². The van der Waals surface area contributed by atoms with Crippen molar-refractivity contribution in [3.63, 3.8) is 0 Å².